The first-order valence-corrected chi connectivity index (χ1v) is 8.12. The maximum Gasteiger partial charge on any atom is 0.311 e. The zero-order valence-corrected chi connectivity index (χ0v) is 14.2. The minimum Gasteiger partial charge on any atom is -0.481 e. The number of benzene rings is 1. The molecule has 0 radical (unpaired) electrons. The van der Waals surface area contributed by atoms with Gasteiger partial charge in [-0.25, -0.2) is 0 Å². The largest absolute Gasteiger partial charge is 0.481 e. The number of aliphatic carboxylic acids is 1. The molecule has 126 valence electrons. The van der Waals surface area contributed by atoms with Crippen molar-refractivity contribution in [2.24, 2.45) is 5.41 Å². The van der Waals surface area contributed by atoms with Crippen LogP contribution in [-0.4, -0.2) is 36.7 Å². The average Bonchev–Trinajstić information content (AvgIpc) is 2.52. The van der Waals surface area contributed by atoms with E-state index in [9.17, 15) is 14.7 Å². The van der Waals surface area contributed by atoms with Crippen LogP contribution in [0.1, 0.15) is 48.5 Å². The first-order chi connectivity index (χ1) is 10.9. The van der Waals surface area contributed by atoms with Gasteiger partial charge in [-0.05, 0) is 36.5 Å². The predicted molar refractivity (Wildman–Crippen MR) is 88.0 cm³/mol. The highest BCUT2D eigenvalue weighted by Gasteiger charge is 2.40. The van der Waals surface area contributed by atoms with Crippen LogP contribution in [0.4, 0.5) is 0 Å². The van der Waals surface area contributed by atoms with Crippen molar-refractivity contribution in [1.29, 1.82) is 0 Å². The molecule has 0 atom stereocenters. The first kappa shape index (κ1) is 17.8. The molecule has 0 aliphatic carbocycles. The number of amides is 1. The molecule has 1 aromatic rings. The lowest BCUT2D eigenvalue weighted by molar-refractivity contribution is -0.154. The zero-order chi connectivity index (χ0) is 17.0. The van der Waals surface area contributed by atoms with Gasteiger partial charge in [-0.2, -0.15) is 0 Å². The van der Waals surface area contributed by atoms with Crippen LogP contribution in [0.15, 0.2) is 18.2 Å². The normalized spacial score (nSPS) is 17.0. The Balaban J connectivity index is 2.06. The number of carboxylic acids is 1. The summed E-state index contributed by atoms with van der Waals surface area (Å²) in [6.07, 6.45) is 0.797. The number of ether oxygens (including phenoxy) is 1. The predicted octanol–water partition coefficient (Wildman–Crippen LogP) is 3.07. The molecule has 1 amide bonds. The monoisotopic (exact) mass is 339 g/mol. The number of carbonyl (C=O) groups is 2. The van der Waals surface area contributed by atoms with Crippen LogP contribution in [0.5, 0.6) is 0 Å². The highest BCUT2D eigenvalue weighted by Crippen LogP contribution is 2.30. The summed E-state index contributed by atoms with van der Waals surface area (Å²) in [5.41, 5.74) is 0.469. The number of hydrogen-bond donors (Lipinski definition) is 2. The molecule has 5 nitrogen and oxygen atoms in total. The Kier molecular flexibility index (Phi) is 5.65. The van der Waals surface area contributed by atoms with E-state index in [1.807, 2.05) is 19.9 Å². The second-order valence-corrected chi connectivity index (χ2v) is 6.68. The van der Waals surface area contributed by atoms with E-state index in [1.54, 1.807) is 12.1 Å². The molecule has 2 rings (SSSR count). The van der Waals surface area contributed by atoms with E-state index in [0.29, 0.717) is 36.6 Å². The Labute approximate surface area is 141 Å². The van der Waals surface area contributed by atoms with Crippen molar-refractivity contribution in [2.45, 2.75) is 32.6 Å². The molecule has 1 aromatic carbocycles. The maximum absolute atomic E-state index is 12.3. The summed E-state index contributed by atoms with van der Waals surface area (Å²) in [4.78, 5) is 23.9. The van der Waals surface area contributed by atoms with Crippen molar-refractivity contribution in [3.05, 3.63) is 34.3 Å². The maximum atomic E-state index is 12.3. The Morgan fingerprint density at radius 3 is 2.52 bits per heavy atom. The fraction of sp³-hybridized carbons (Fsp3) is 0.529. The summed E-state index contributed by atoms with van der Waals surface area (Å²) in [5, 5.41) is 12.8. The van der Waals surface area contributed by atoms with Gasteiger partial charge in [0.2, 0.25) is 0 Å². The molecule has 1 aliphatic heterocycles. The summed E-state index contributed by atoms with van der Waals surface area (Å²) in [7, 11) is 0. The molecule has 2 N–H and O–H groups in total. The van der Waals surface area contributed by atoms with E-state index in [-0.39, 0.29) is 18.4 Å². The van der Waals surface area contributed by atoms with Crippen molar-refractivity contribution in [3.63, 3.8) is 0 Å². The Morgan fingerprint density at radius 1 is 1.35 bits per heavy atom. The van der Waals surface area contributed by atoms with Crippen molar-refractivity contribution >= 4 is 23.5 Å². The minimum atomic E-state index is -0.949. The molecule has 1 fully saturated rings. The Bertz CT molecular complexity index is 594. The summed E-state index contributed by atoms with van der Waals surface area (Å²) in [5.74, 6) is -0.930. The highest BCUT2D eigenvalue weighted by atomic mass is 35.5. The highest BCUT2D eigenvalue weighted by molar-refractivity contribution is 6.31. The van der Waals surface area contributed by atoms with Gasteiger partial charge in [0.15, 0.2) is 0 Å². The number of nitrogens with one attached hydrogen (secondary N) is 1. The molecule has 1 saturated heterocycles. The van der Waals surface area contributed by atoms with Crippen LogP contribution >= 0.6 is 11.6 Å². The van der Waals surface area contributed by atoms with Crippen molar-refractivity contribution in [3.8, 4) is 0 Å². The van der Waals surface area contributed by atoms with Gasteiger partial charge in [0, 0.05) is 30.3 Å². The van der Waals surface area contributed by atoms with Gasteiger partial charge in [0.25, 0.3) is 5.91 Å². The van der Waals surface area contributed by atoms with Crippen LogP contribution in [0.2, 0.25) is 5.02 Å². The molecular weight excluding hydrogens is 318 g/mol. The molecule has 1 heterocycles. The molecule has 0 aromatic heterocycles. The molecule has 0 unspecified atom stereocenters. The van der Waals surface area contributed by atoms with Crippen molar-refractivity contribution in [1.82, 2.24) is 5.32 Å². The molecule has 0 saturated carbocycles. The summed E-state index contributed by atoms with van der Waals surface area (Å²) in [6, 6.07) is 5.18. The molecule has 1 aliphatic rings. The van der Waals surface area contributed by atoms with Gasteiger partial charge in [-0.15, -0.1) is 0 Å². The lowest BCUT2D eigenvalue weighted by atomic mass is 9.80. The van der Waals surface area contributed by atoms with Crippen molar-refractivity contribution < 1.29 is 19.4 Å². The summed E-state index contributed by atoms with van der Waals surface area (Å²) in [6.45, 7) is 4.95. The topological polar surface area (TPSA) is 75.6 Å². The van der Waals surface area contributed by atoms with E-state index in [2.05, 4.69) is 5.32 Å². The van der Waals surface area contributed by atoms with Gasteiger partial charge < -0.3 is 15.2 Å². The Hall–Kier alpha value is -1.59. The lowest BCUT2D eigenvalue weighted by Gasteiger charge is -2.33. The number of hydrogen-bond acceptors (Lipinski definition) is 3. The lowest BCUT2D eigenvalue weighted by Crippen LogP contribution is -2.46. The third kappa shape index (κ3) is 4.03. The van der Waals surface area contributed by atoms with Gasteiger partial charge in [0.1, 0.15) is 0 Å². The standard InChI is InChI=1S/C17H22ClNO4/c1-11(2)13-4-3-12(9-14(13)18)15(20)19-10-17(16(21)22)5-7-23-8-6-17/h3-4,9,11H,5-8,10H2,1-2H3,(H,19,20)(H,21,22). The van der Waals surface area contributed by atoms with Crippen molar-refractivity contribution in [2.75, 3.05) is 19.8 Å². The third-order valence-corrected chi connectivity index (χ3v) is 4.70. The van der Waals surface area contributed by atoms with Crippen LogP contribution < -0.4 is 5.32 Å². The fourth-order valence-corrected chi connectivity index (χ4v) is 3.12. The molecule has 0 spiro atoms. The average molecular weight is 340 g/mol. The van der Waals surface area contributed by atoms with E-state index in [0.717, 1.165) is 5.56 Å². The van der Waals surface area contributed by atoms with Gasteiger partial charge in [-0.3, -0.25) is 9.59 Å². The van der Waals surface area contributed by atoms with Crippen LogP contribution in [0.3, 0.4) is 0 Å². The molecule has 23 heavy (non-hydrogen) atoms. The number of halogens is 1. The number of rotatable bonds is 5. The summed E-state index contributed by atoms with van der Waals surface area (Å²) < 4.78 is 5.22. The molecular formula is C17H22ClNO4. The van der Waals surface area contributed by atoms with E-state index in [1.165, 1.54) is 0 Å². The third-order valence-electron chi connectivity index (χ3n) is 4.38. The smallest absolute Gasteiger partial charge is 0.311 e. The molecule has 6 heteroatoms. The number of carbonyl (C=O) groups excluding carboxylic acids is 1. The van der Waals surface area contributed by atoms with Gasteiger partial charge in [0.05, 0.1) is 5.41 Å². The second kappa shape index (κ2) is 7.32. The first-order valence-electron chi connectivity index (χ1n) is 7.74. The number of carboxylic acid groups (broad SMARTS) is 1. The zero-order valence-electron chi connectivity index (χ0n) is 13.4. The SMILES string of the molecule is CC(C)c1ccc(C(=O)NCC2(C(=O)O)CCOCC2)cc1Cl. The molecule has 0 bridgehead atoms. The second-order valence-electron chi connectivity index (χ2n) is 6.27. The van der Waals surface area contributed by atoms with Gasteiger partial charge >= 0.3 is 5.97 Å². The van der Waals surface area contributed by atoms with Crippen LogP contribution in [0, 0.1) is 5.41 Å². The summed E-state index contributed by atoms with van der Waals surface area (Å²) >= 11 is 6.20. The van der Waals surface area contributed by atoms with Crippen LogP contribution in [0.25, 0.3) is 0 Å². The van der Waals surface area contributed by atoms with E-state index < -0.39 is 11.4 Å². The Morgan fingerprint density at radius 2 is 2.00 bits per heavy atom. The van der Waals surface area contributed by atoms with Crippen LogP contribution in [-0.2, 0) is 9.53 Å². The minimum absolute atomic E-state index is 0.0913. The fourth-order valence-electron chi connectivity index (χ4n) is 2.72. The van der Waals surface area contributed by atoms with E-state index in [4.69, 9.17) is 16.3 Å². The van der Waals surface area contributed by atoms with E-state index >= 15 is 0 Å². The quantitative estimate of drug-likeness (QED) is 0.864. The van der Waals surface area contributed by atoms with Gasteiger partial charge in [-0.1, -0.05) is 31.5 Å².